The number of thioether (sulfide) groups is 2. The van der Waals surface area contributed by atoms with E-state index in [-0.39, 0.29) is 5.82 Å². The summed E-state index contributed by atoms with van der Waals surface area (Å²) >= 11 is 7.01. The van der Waals surface area contributed by atoms with Crippen LogP contribution in [0.5, 0.6) is 0 Å². The summed E-state index contributed by atoms with van der Waals surface area (Å²) in [7, 11) is 0. The molecule has 1 nitrogen and oxygen atoms in total. The largest absolute Gasteiger partial charge is 0.399 e. The molecule has 0 bridgehead atoms. The molecule has 0 saturated carbocycles. The van der Waals surface area contributed by atoms with Crippen LogP contribution in [0.3, 0.4) is 0 Å². The molecule has 2 rings (SSSR count). The highest BCUT2D eigenvalue weighted by molar-refractivity contribution is 9.10. The number of hydrogen-bond acceptors (Lipinski definition) is 3. The van der Waals surface area contributed by atoms with Gasteiger partial charge in [-0.25, -0.2) is 4.39 Å². The third-order valence-electron chi connectivity index (χ3n) is 2.38. The van der Waals surface area contributed by atoms with Crippen LogP contribution in [0.2, 0.25) is 0 Å². The van der Waals surface area contributed by atoms with Crippen LogP contribution in [0.1, 0.15) is 0 Å². The zero-order valence-corrected chi connectivity index (χ0v) is 13.3. The number of hydrogen-bond donors (Lipinski definition) is 1. The van der Waals surface area contributed by atoms with Crippen molar-refractivity contribution in [3.05, 3.63) is 52.8 Å². The third kappa shape index (κ3) is 4.75. The van der Waals surface area contributed by atoms with E-state index in [1.54, 1.807) is 23.5 Å². The molecule has 2 N–H and O–H groups in total. The Labute approximate surface area is 129 Å². The van der Waals surface area contributed by atoms with Crippen molar-refractivity contribution in [3.63, 3.8) is 0 Å². The number of rotatable bonds is 5. The van der Waals surface area contributed by atoms with Crippen molar-refractivity contribution in [2.45, 2.75) is 9.79 Å². The molecule has 0 unspecified atom stereocenters. The second kappa shape index (κ2) is 7.22. The average molecular weight is 358 g/mol. The van der Waals surface area contributed by atoms with Gasteiger partial charge in [-0.15, -0.1) is 23.5 Å². The molecule has 0 aliphatic rings. The SMILES string of the molecule is Nc1ccc(SCCSc2ccc(F)cc2)c(Br)c1. The number of nitrogen functional groups attached to an aromatic ring is 1. The second-order valence-electron chi connectivity index (χ2n) is 3.84. The number of halogens is 2. The summed E-state index contributed by atoms with van der Waals surface area (Å²) in [6, 6.07) is 12.4. The van der Waals surface area contributed by atoms with Crippen LogP contribution in [0.15, 0.2) is 56.7 Å². The molecular weight excluding hydrogens is 345 g/mol. The molecule has 100 valence electrons. The van der Waals surface area contributed by atoms with Gasteiger partial charge in [-0.2, -0.15) is 0 Å². The van der Waals surface area contributed by atoms with E-state index in [4.69, 9.17) is 5.73 Å². The summed E-state index contributed by atoms with van der Waals surface area (Å²) in [5.74, 6) is 1.78. The van der Waals surface area contributed by atoms with Gasteiger partial charge < -0.3 is 5.73 Å². The molecule has 2 aromatic carbocycles. The highest BCUT2D eigenvalue weighted by atomic mass is 79.9. The van der Waals surface area contributed by atoms with Crippen LogP contribution >= 0.6 is 39.5 Å². The lowest BCUT2D eigenvalue weighted by Crippen LogP contribution is -1.88. The Morgan fingerprint density at radius 2 is 1.68 bits per heavy atom. The van der Waals surface area contributed by atoms with Gasteiger partial charge in [0.2, 0.25) is 0 Å². The first-order valence-corrected chi connectivity index (χ1v) is 8.48. The average Bonchev–Trinajstić information content (AvgIpc) is 2.39. The van der Waals surface area contributed by atoms with E-state index in [0.717, 1.165) is 26.6 Å². The smallest absolute Gasteiger partial charge is 0.123 e. The number of benzene rings is 2. The minimum Gasteiger partial charge on any atom is -0.399 e. The fourth-order valence-corrected chi connectivity index (χ4v) is 4.03. The standard InChI is InChI=1S/C14H13BrFNS2/c15-13-9-11(17)3-6-14(13)19-8-7-18-12-4-1-10(16)2-5-12/h1-6,9H,7-8,17H2. The van der Waals surface area contributed by atoms with Crippen LogP contribution in [0.25, 0.3) is 0 Å². The zero-order chi connectivity index (χ0) is 13.7. The number of nitrogens with two attached hydrogens (primary N) is 1. The molecule has 0 aliphatic carbocycles. The van der Waals surface area contributed by atoms with Gasteiger partial charge in [-0.3, -0.25) is 0 Å². The minimum atomic E-state index is -0.190. The first-order valence-electron chi connectivity index (χ1n) is 5.71. The Hall–Kier alpha value is -0.650. The summed E-state index contributed by atoms with van der Waals surface area (Å²) in [6.45, 7) is 0. The molecular formula is C14H13BrFNS2. The van der Waals surface area contributed by atoms with Crippen molar-refractivity contribution in [2.75, 3.05) is 17.2 Å². The second-order valence-corrected chi connectivity index (χ2v) is 7.00. The molecule has 0 saturated heterocycles. The van der Waals surface area contributed by atoms with Crippen LogP contribution in [0.4, 0.5) is 10.1 Å². The van der Waals surface area contributed by atoms with Gasteiger partial charge in [0.1, 0.15) is 5.82 Å². The van der Waals surface area contributed by atoms with Crippen molar-refractivity contribution in [2.24, 2.45) is 0 Å². The van der Waals surface area contributed by atoms with Crippen LogP contribution in [-0.4, -0.2) is 11.5 Å². The van der Waals surface area contributed by atoms with Crippen molar-refractivity contribution < 1.29 is 4.39 Å². The monoisotopic (exact) mass is 357 g/mol. The van der Waals surface area contributed by atoms with E-state index in [9.17, 15) is 4.39 Å². The van der Waals surface area contributed by atoms with Gasteiger partial charge in [0.25, 0.3) is 0 Å². The highest BCUT2D eigenvalue weighted by Crippen LogP contribution is 2.30. The van der Waals surface area contributed by atoms with E-state index in [0.29, 0.717) is 0 Å². The maximum absolute atomic E-state index is 12.7. The van der Waals surface area contributed by atoms with Gasteiger partial charge in [-0.05, 0) is 58.4 Å². The quantitative estimate of drug-likeness (QED) is 0.460. The van der Waals surface area contributed by atoms with Gasteiger partial charge in [0, 0.05) is 31.5 Å². The summed E-state index contributed by atoms with van der Waals surface area (Å²) < 4.78 is 13.8. The molecule has 0 spiro atoms. The predicted octanol–water partition coefficient (Wildman–Crippen LogP) is 5.05. The molecule has 5 heteroatoms. The zero-order valence-electron chi connectivity index (χ0n) is 10.1. The fourth-order valence-electron chi connectivity index (χ4n) is 1.48. The summed E-state index contributed by atoms with van der Waals surface area (Å²) in [5.41, 5.74) is 6.46. The Bertz CT molecular complexity index is 546. The lowest BCUT2D eigenvalue weighted by molar-refractivity contribution is 0.626. The van der Waals surface area contributed by atoms with Crippen molar-refractivity contribution in [1.82, 2.24) is 0 Å². The Morgan fingerprint density at radius 3 is 2.37 bits per heavy atom. The molecule has 0 fully saturated rings. The maximum atomic E-state index is 12.7. The van der Waals surface area contributed by atoms with Crippen molar-refractivity contribution >= 4 is 45.1 Å². The summed E-state index contributed by atoms with van der Waals surface area (Å²) in [4.78, 5) is 2.28. The predicted molar refractivity (Wildman–Crippen MR) is 86.4 cm³/mol. The molecule has 0 aromatic heterocycles. The van der Waals surface area contributed by atoms with Gasteiger partial charge in [0.15, 0.2) is 0 Å². The van der Waals surface area contributed by atoms with Gasteiger partial charge >= 0.3 is 0 Å². The van der Waals surface area contributed by atoms with Crippen molar-refractivity contribution in [1.29, 1.82) is 0 Å². The minimum absolute atomic E-state index is 0.190. The maximum Gasteiger partial charge on any atom is 0.123 e. The fraction of sp³-hybridized carbons (Fsp3) is 0.143. The summed E-state index contributed by atoms with van der Waals surface area (Å²) in [5, 5.41) is 0. The van der Waals surface area contributed by atoms with Crippen LogP contribution in [0, 0.1) is 5.82 Å². The normalized spacial score (nSPS) is 10.6. The highest BCUT2D eigenvalue weighted by Gasteiger charge is 2.01. The lowest BCUT2D eigenvalue weighted by Gasteiger charge is -2.05. The molecule has 0 atom stereocenters. The first kappa shape index (κ1) is 14.8. The van der Waals surface area contributed by atoms with Gasteiger partial charge in [0.05, 0.1) is 0 Å². The molecule has 0 aliphatic heterocycles. The van der Waals surface area contributed by atoms with E-state index in [1.165, 1.54) is 17.0 Å². The summed E-state index contributed by atoms with van der Waals surface area (Å²) in [6.07, 6.45) is 0. The molecule has 19 heavy (non-hydrogen) atoms. The Morgan fingerprint density at radius 1 is 1.00 bits per heavy atom. The molecule has 0 heterocycles. The molecule has 0 amide bonds. The Balaban J connectivity index is 1.79. The van der Waals surface area contributed by atoms with Crippen LogP contribution in [-0.2, 0) is 0 Å². The van der Waals surface area contributed by atoms with Crippen LogP contribution < -0.4 is 5.73 Å². The molecule has 2 aromatic rings. The van der Waals surface area contributed by atoms with Crippen molar-refractivity contribution in [3.8, 4) is 0 Å². The van der Waals surface area contributed by atoms with E-state index in [2.05, 4.69) is 15.9 Å². The van der Waals surface area contributed by atoms with E-state index >= 15 is 0 Å². The molecule has 0 radical (unpaired) electrons. The van der Waals surface area contributed by atoms with E-state index in [1.807, 2.05) is 30.3 Å². The van der Waals surface area contributed by atoms with E-state index < -0.39 is 0 Å². The Kier molecular flexibility index (Phi) is 5.60. The number of anilines is 1. The third-order valence-corrected chi connectivity index (χ3v) is 5.65. The lowest BCUT2D eigenvalue weighted by atomic mass is 10.3. The first-order chi connectivity index (χ1) is 9.15. The topological polar surface area (TPSA) is 26.0 Å². The van der Waals surface area contributed by atoms with Gasteiger partial charge in [-0.1, -0.05) is 0 Å².